The smallest absolute Gasteiger partial charge is 0.269 e. The van der Waals surface area contributed by atoms with Gasteiger partial charge in [-0.3, -0.25) is 14.9 Å². The molecule has 0 saturated carbocycles. The first-order valence-corrected chi connectivity index (χ1v) is 10.3. The first-order valence-electron chi connectivity index (χ1n) is 9.45. The molecule has 1 aliphatic rings. The third-order valence-corrected chi connectivity index (χ3v) is 6.39. The summed E-state index contributed by atoms with van der Waals surface area (Å²) in [5.74, 6) is 1.42. The van der Waals surface area contributed by atoms with Crippen LogP contribution in [0.5, 0.6) is 11.5 Å². The van der Waals surface area contributed by atoms with Gasteiger partial charge in [-0.05, 0) is 30.3 Å². The molecule has 2 heterocycles. The predicted octanol–water partition coefficient (Wildman–Crippen LogP) is 3.79. The average Bonchev–Trinajstić information content (AvgIpc) is 3.23. The minimum atomic E-state index is -0.407. The standard InChI is InChI=1S/C21H21N3O5S/c1-28-17-7-8-18(29-2)20-16(17)13-19(30-20)21(25)23-11-9-22(10-12-23)14-3-5-15(6-4-14)24(26)27/h3-8,13H,9-12H2,1-2H3. The summed E-state index contributed by atoms with van der Waals surface area (Å²) in [5.41, 5.74) is 0.993. The van der Waals surface area contributed by atoms with E-state index in [0.717, 1.165) is 21.5 Å². The number of anilines is 1. The van der Waals surface area contributed by atoms with Gasteiger partial charge in [0.1, 0.15) is 11.5 Å². The second-order valence-corrected chi connectivity index (χ2v) is 7.93. The molecule has 0 radical (unpaired) electrons. The number of fused-ring (bicyclic) bond motifs is 1. The van der Waals surface area contributed by atoms with Crippen LogP contribution in [-0.4, -0.2) is 56.1 Å². The van der Waals surface area contributed by atoms with Gasteiger partial charge in [0.25, 0.3) is 11.6 Å². The minimum Gasteiger partial charge on any atom is -0.496 e. The van der Waals surface area contributed by atoms with E-state index in [1.165, 1.54) is 23.5 Å². The maximum absolute atomic E-state index is 13.1. The van der Waals surface area contributed by atoms with Crippen molar-refractivity contribution in [2.45, 2.75) is 0 Å². The maximum atomic E-state index is 13.1. The summed E-state index contributed by atoms with van der Waals surface area (Å²) in [6, 6.07) is 12.1. The number of amides is 1. The molecule has 0 aliphatic carbocycles. The van der Waals surface area contributed by atoms with E-state index in [1.807, 2.05) is 23.1 Å². The number of carbonyl (C=O) groups is 1. The summed E-state index contributed by atoms with van der Waals surface area (Å²) in [6.45, 7) is 2.50. The Balaban J connectivity index is 1.48. The van der Waals surface area contributed by atoms with E-state index in [2.05, 4.69) is 4.90 Å². The number of piperazine rings is 1. The number of carbonyl (C=O) groups excluding carboxylic acids is 1. The molecule has 0 atom stereocenters. The molecule has 0 spiro atoms. The summed E-state index contributed by atoms with van der Waals surface area (Å²) in [4.78, 5) is 28.1. The second-order valence-electron chi connectivity index (χ2n) is 6.88. The van der Waals surface area contributed by atoms with E-state index in [9.17, 15) is 14.9 Å². The van der Waals surface area contributed by atoms with Gasteiger partial charge in [-0.2, -0.15) is 0 Å². The Hall–Kier alpha value is -3.33. The normalized spacial score (nSPS) is 14.1. The third-order valence-electron chi connectivity index (χ3n) is 5.25. The van der Waals surface area contributed by atoms with Gasteiger partial charge >= 0.3 is 0 Å². The van der Waals surface area contributed by atoms with Crippen LogP contribution < -0.4 is 14.4 Å². The molecule has 1 aromatic heterocycles. The number of hydrogen-bond acceptors (Lipinski definition) is 7. The van der Waals surface area contributed by atoms with Gasteiger partial charge in [-0.15, -0.1) is 11.3 Å². The first kappa shape index (κ1) is 20.0. The molecule has 0 unspecified atom stereocenters. The Labute approximate surface area is 177 Å². The highest BCUT2D eigenvalue weighted by atomic mass is 32.1. The van der Waals surface area contributed by atoms with Crippen molar-refractivity contribution in [2.24, 2.45) is 0 Å². The van der Waals surface area contributed by atoms with Gasteiger partial charge in [0.05, 0.1) is 28.7 Å². The molecular formula is C21H21N3O5S. The van der Waals surface area contributed by atoms with E-state index in [4.69, 9.17) is 9.47 Å². The highest BCUT2D eigenvalue weighted by molar-refractivity contribution is 7.21. The van der Waals surface area contributed by atoms with E-state index >= 15 is 0 Å². The van der Waals surface area contributed by atoms with E-state index in [0.29, 0.717) is 36.8 Å². The molecule has 9 heteroatoms. The number of ether oxygens (including phenoxy) is 2. The Morgan fingerprint density at radius 1 is 1.00 bits per heavy atom. The van der Waals surface area contributed by atoms with Crippen molar-refractivity contribution in [2.75, 3.05) is 45.3 Å². The number of methoxy groups -OCH3 is 2. The minimum absolute atomic E-state index is 0.0105. The number of non-ortho nitro benzene ring substituents is 1. The molecule has 1 amide bonds. The van der Waals surface area contributed by atoms with Crippen LogP contribution in [-0.2, 0) is 0 Å². The highest BCUT2D eigenvalue weighted by Crippen LogP contribution is 2.39. The van der Waals surface area contributed by atoms with E-state index < -0.39 is 4.92 Å². The molecule has 0 N–H and O–H groups in total. The molecule has 0 bridgehead atoms. The lowest BCUT2D eigenvalue weighted by atomic mass is 10.2. The Morgan fingerprint density at radius 3 is 2.23 bits per heavy atom. The summed E-state index contributed by atoms with van der Waals surface area (Å²) in [6.07, 6.45) is 0. The molecule has 1 aliphatic heterocycles. The quantitative estimate of drug-likeness (QED) is 0.455. The second kappa shape index (κ2) is 8.19. The number of rotatable bonds is 5. The fraction of sp³-hybridized carbons (Fsp3) is 0.286. The van der Waals surface area contributed by atoms with Crippen molar-refractivity contribution >= 4 is 38.7 Å². The lowest BCUT2D eigenvalue weighted by Crippen LogP contribution is -2.48. The third kappa shape index (κ3) is 3.63. The zero-order chi connectivity index (χ0) is 21.3. The van der Waals surface area contributed by atoms with Crippen LogP contribution in [0.25, 0.3) is 10.1 Å². The molecule has 2 aromatic carbocycles. The lowest BCUT2D eigenvalue weighted by molar-refractivity contribution is -0.384. The van der Waals surface area contributed by atoms with Gasteiger partial charge in [0.2, 0.25) is 0 Å². The fourth-order valence-electron chi connectivity index (χ4n) is 3.63. The van der Waals surface area contributed by atoms with E-state index in [-0.39, 0.29) is 11.6 Å². The topological polar surface area (TPSA) is 85.2 Å². The van der Waals surface area contributed by atoms with Crippen LogP contribution in [0.3, 0.4) is 0 Å². The van der Waals surface area contributed by atoms with Crippen molar-refractivity contribution in [3.63, 3.8) is 0 Å². The summed E-state index contributed by atoms with van der Waals surface area (Å²) >= 11 is 1.41. The summed E-state index contributed by atoms with van der Waals surface area (Å²) < 4.78 is 11.8. The fourth-order valence-corrected chi connectivity index (χ4v) is 4.76. The predicted molar refractivity (Wildman–Crippen MR) is 116 cm³/mol. The molecule has 1 fully saturated rings. The van der Waals surface area contributed by atoms with Crippen LogP contribution in [0.2, 0.25) is 0 Å². The Bertz CT molecular complexity index is 1050. The Kier molecular flexibility index (Phi) is 5.45. The number of benzene rings is 2. The number of nitro benzene ring substituents is 1. The molecule has 4 rings (SSSR count). The number of nitrogens with zero attached hydrogens (tertiary/aromatic N) is 3. The maximum Gasteiger partial charge on any atom is 0.269 e. The summed E-state index contributed by atoms with van der Waals surface area (Å²) in [5, 5.41) is 11.7. The van der Waals surface area contributed by atoms with Gasteiger partial charge in [-0.25, -0.2) is 0 Å². The SMILES string of the molecule is COc1ccc(OC)c2sc(C(=O)N3CCN(c4ccc([N+](=O)[O-])cc4)CC3)cc12. The Morgan fingerprint density at radius 2 is 1.63 bits per heavy atom. The van der Waals surface area contributed by atoms with Crippen LogP contribution in [0.4, 0.5) is 11.4 Å². The highest BCUT2D eigenvalue weighted by Gasteiger charge is 2.25. The van der Waals surface area contributed by atoms with Crippen LogP contribution in [0.15, 0.2) is 42.5 Å². The van der Waals surface area contributed by atoms with Crippen molar-refractivity contribution in [1.82, 2.24) is 4.90 Å². The van der Waals surface area contributed by atoms with E-state index in [1.54, 1.807) is 26.4 Å². The van der Waals surface area contributed by atoms with Crippen LogP contribution in [0, 0.1) is 10.1 Å². The zero-order valence-corrected chi connectivity index (χ0v) is 17.5. The largest absolute Gasteiger partial charge is 0.496 e. The number of thiophene rings is 1. The van der Waals surface area contributed by atoms with Crippen LogP contribution in [0.1, 0.15) is 9.67 Å². The molecular weight excluding hydrogens is 406 g/mol. The van der Waals surface area contributed by atoms with Gasteiger partial charge in [0.15, 0.2) is 0 Å². The van der Waals surface area contributed by atoms with Gasteiger partial charge in [-0.1, -0.05) is 0 Å². The zero-order valence-electron chi connectivity index (χ0n) is 16.7. The molecule has 156 valence electrons. The van der Waals surface area contributed by atoms with Crippen molar-refractivity contribution in [3.05, 3.63) is 57.5 Å². The molecule has 8 nitrogen and oxygen atoms in total. The lowest BCUT2D eigenvalue weighted by Gasteiger charge is -2.35. The molecule has 3 aromatic rings. The summed E-state index contributed by atoms with van der Waals surface area (Å²) in [7, 11) is 3.22. The van der Waals surface area contributed by atoms with Crippen molar-refractivity contribution in [1.29, 1.82) is 0 Å². The average molecular weight is 427 g/mol. The molecule has 1 saturated heterocycles. The van der Waals surface area contributed by atoms with Crippen LogP contribution >= 0.6 is 11.3 Å². The van der Waals surface area contributed by atoms with Crippen molar-refractivity contribution in [3.8, 4) is 11.5 Å². The van der Waals surface area contributed by atoms with Gasteiger partial charge < -0.3 is 19.3 Å². The van der Waals surface area contributed by atoms with Gasteiger partial charge in [0, 0.05) is 49.4 Å². The number of hydrogen-bond donors (Lipinski definition) is 0. The first-order chi connectivity index (χ1) is 14.5. The monoisotopic (exact) mass is 427 g/mol. The number of nitro groups is 1. The van der Waals surface area contributed by atoms with Crippen molar-refractivity contribution < 1.29 is 19.2 Å². The molecule has 30 heavy (non-hydrogen) atoms.